The predicted molar refractivity (Wildman–Crippen MR) is 50.4 cm³/mol. The fourth-order valence-electron chi connectivity index (χ4n) is 1.17. The molecule has 0 radical (unpaired) electrons. The molecule has 0 amide bonds. The minimum atomic E-state index is 0.186. The van der Waals surface area contributed by atoms with Gasteiger partial charge in [-0.15, -0.1) is 0 Å². The molecule has 72 valence electrons. The molecule has 2 aromatic rings. The van der Waals surface area contributed by atoms with Gasteiger partial charge in [0.05, 0.1) is 0 Å². The maximum atomic E-state index is 5.32. The van der Waals surface area contributed by atoms with Gasteiger partial charge in [-0.1, -0.05) is 6.07 Å². The third kappa shape index (κ3) is 2.07. The molecule has 2 aromatic heterocycles. The van der Waals surface area contributed by atoms with Crippen LogP contribution >= 0.6 is 0 Å². The lowest BCUT2D eigenvalue weighted by Gasteiger charge is -1.95. The molecule has 0 bridgehead atoms. The van der Waals surface area contributed by atoms with Crippen molar-refractivity contribution >= 4 is 5.95 Å². The number of aryl methyl sites for hydroxylation is 2. The van der Waals surface area contributed by atoms with Crippen LogP contribution in [0.4, 0.5) is 5.95 Å². The summed E-state index contributed by atoms with van der Waals surface area (Å²) in [6, 6.07) is 3.91. The minimum absolute atomic E-state index is 0.186. The monoisotopic (exact) mass is 190 g/mol. The van der Waals surface area contributed by atoms with Crippen molar-refractivity contribution in [3.8, 4) is 0 Å². The highest BCUT2D eigenvalue weighted by atomic mass is 16.5. The number of aromatic nitrogens is 3. The van der Waals surface area contributed by atoms with E-state index < -0.39 is 0 Å². The van der Waals surface area contributed by atoms with Crippen molar-refractivity contribution in [3.05, 3.63) is 36.0 Å². The molecule has 0 unspecified atom stereocenters. The molecule has 5 nitrogen and oxygen atoms in total. The number of anilines is 1. The van der Waals surface area contributed by atoms with Crippen LogP contribution in [0.1, 0.15) is 11.5 Å². The number of hydrogen-bond donors (Lipinski definition) is 1. The Hall–Kier alpha value is -1.91. The van der Waals surface area contributed by atoms with Gasteiger partial charge in [-0.2, -0.15) is 4.98 Å². The van der Waals surface area contributed by atoms with Crippen LogP contribution < -0.4 is 5.73 Å². The Bertz CT molecular complexity index is 398. The molecule has 0 aliphatic carbocycles. The first-order valence-electron chi connectivity index (χ1n) is 4.31. The molecule has 0 saturated heterocycles. The lowest BCUT2D eigenvalue weighted by Crippen LogP contribution is -1.92. The van der Waals surface area contributed by atoms with E-state index in [1.54, 1.807) is 6.20 Å². The maximum Gasteiger partial charge on any atom is 0.260 e. The number of nitrogens with two attached hydrogens (primary N) is 1. The fourth-order valence-corrected chi connectivity index (χ4v) is 1.17. The second-order valence-electron chi connectivity index (χ2n) is 2.91. The molecule has 14 heavy (non-hydrogen) atoms. The standard InChI is InChI=1S/C9H10N4O/c10-9-12-8(14-13-9)4-3-7-2-1-5-11-6-7/h1-2,5-6H,3-4H2,(H2,10,13). The molecular formula is C9H10N4O. The van der Waals surface area contributed by atoms with Gasteiger partial charge in [0.1, 0.15) is 0 Å². The van der Waals surface area contributed by atoms with Crippen molar-refractivity contribution in [2.45, 2.75) is 12.8 Å². The first kappa shape index (κ1) is 8.68. The van der Waals surface area contributed by atoms with Crippen LogP contribution in [0.25, 0.3) is 0 Å². The zero-order valence-electron chi connectivity index (χ0n) is 7.55. The molecule has 0 saturated carbocycles. The Morgan fingerprint density at radius 2 is 2.29 bits per heavy atom. The van der Waals surface area contributed by atoms with E-state index in [2.05, 4.69) is 15.1 Å². The molecule has 2 heterocycles. The van der Waals surface area contributed by atoms with E-state index in [9.17, 15) is 0 Å². The Labute approximate surface area is 81.0 Å². The maximum absolute atomic E-state index is 5.32. The first-order chi connectivity index (χ1) is 6.84. The zero-order chi connectivity index (χ0) is 9.80. The van der Waals surface area contributed by atoms with Crippen molar-refractivity contribution in [2.24, 2.45) is 0 Å². The van der Waals surface area contributed by atoms with Crippen molar-refractivity contribution in [2.75, 3.05) is 5.73 Å². The van der Waals surface area contributed by atoms with Gasteiger partial charge in [0, 0.05) is 18.8 Å². The van der Waals surface area contributed by atoms with E-state index >= 15 is 0 Å². The second kappa shape index (κ2) is 3.87. The number of nitrogen functional groups attached to an aromatic ring is 1. The molecule has 5 heteroatoms. The summed E-state index contributed by atoms with van der Waals surface area (Å²) in [5.41, 5.74) is 6.46. The summed E-state index contributed by atoms with van der Waals surface area (Å²) in [6.07, 6.45) is 5.08. The van der Waals surface area contributed by atoms with Crippen LogP contribution in [0.3, 0.4) is 0 Å². The highest BCUT2D eigenvalue weighted by Crippen LogP contribution is 2.04. The van der Waals surface area contributed by atoms with E-state index in [4.69, 9.17) is 10.3 Å². The van der Waals surface area contributed by atoms with Crippen LogP contribution in [0, 0.1) is 0 Å². The highest BCUT2D eigenvalue weighted by Gasteiger charge is 2.02. The summed E-state index contributed by atoms with van der Waals surface area (Å²) in [7, 11) is 0. The van der Waals surface area contributed by atoms with Crippen LogP contribution in [0.5, 0.6) is 0 Å². The summed E-state index contributed by atoms with van der Waals surface area (Å²) in [4.78, 5) is 7.92. The quantitative estimate of drug-likeness (QED) is 0.775. The minimum Gasteiger partial charge on any atom is -0.365 e. The van der Waals surface area contributed by atoms with E-state index in [0.29, 0.717) is 12.3 Å². The van der Waals surface area contributed by atoms with E-state index in [1.165, 1.54) is 0 Å². The van der Waals surface area contributed by atoms with E-state index in [0.717, 1.165) is 12.0 Å². The summed E-state index contributed by atoms with van der Waals surface area (Å²) in [5, 5.41) is 3.50. The molecular weight excluding hydrogens is 180 g/mol. The predicted octanol–water partition coefficient (Wildman–Crippen LogP) is 0.832. The van der Waals surface area contributed by atoms with Gasteiger partial charge < -0.3 is 10.3 Å². The highest BCUT2D eigenvalue weighted by molar-refractivity contribution is 5.12. The van der Waals surface area contributed by atoms with E-state index in [-0.39, 0.29) is 5.95 Å². The average Bonchev–Trinajstić information content (AvgIpc) is 2.63. The number of pyridine rings is 1. The molecule has 0 atom stereocenters. The lowest BCUT2D eigenvalue weighted by molar-refractivity contribution is 0.379. The Balaban J connectivity index is 1.95. The first-order valence-corrected chi connectivity index (χ1v) is 4.31. The van der Waals surface area contributed by atoms with Crippen LogP contribution in [-0.4, -0.2) is 15.1 Å². The van der Waals surface area contributed by atoms with Gasteiger partial charge in [0.2, 0.25) is 5.89 Å². The van der Waals surface area contributed by atoms with E-state index in [1.807, 2.05) is 18.3 Å². The van der Waals surface area contributed by atoms with Crippen molar-refractivity contribution < 1.29 is 4.52 Å². The lowest BCUT2D eigenvalue weighted by atomic mass is 10.2. The molecule has 0 aliphatic rings. The third-order valence-corrected chi connectivity index (χ3v) is 1.83. The molecule has 0 fully saturated rings. The molecule has 0 aromatic carbocycles. The summed E-state index contributed by atoms with van der Waals surface area (Å²) in [5.74, 6) is 0.748. The zero-order valence-corrected chi connectivity index (χ0v) is 7.55. The van der Waals surface area contributed by atoms with Crippen molar-refractivity contribution in [1.29, 1.82) is 0 Å². The smallest absolute Gasteiger partial charge is 0.260 e. The van der Waals surface area contributed by atoms with Gasteiger partial charge in [0.15, 0.2) is 0 Å². The number of rotatable bonds is 3. The Kier molecular flexibility index (Phi) is 2.40. The summed E-state index contributed by atoms with van der Waals surface area (Å²) in [6.45, 7) is 0. The van der Waals surface area contributed by atoms with Crippen molar-refractivity contribution in [1.82, 2.24) is 15.1 Å². The summed E-state index contributed by atoms with van der Waals surface area (Å²) >= 11 is 0. The molecule has 0 spiro atoms. The normalized spacial score (nSPS) is 10.3. The largest absolute Gasteiger partial charge is 0.365 e. The van der Waals surface area contributed by atoms with Crippen LogP contribution in [0.15, 0.2) is 29.0 Å². The van der Waals surface area contributed by atoms with Gasteiger partial charge in [-0.05, 0) is 23.2 Å². The topological polar surface area (TPSA) is 77.8 Å². The third-order valence-electron chi connectivity index (χ3n) is 1.83. The van der Waals surface area contributed by atoms with Gasteiger partial charge in [-0.25, -0.2) is 0 Å². The van der Waals surface area contributed by atoms with Gasteiger partial charge >= 0.3 is 0 Å². The average molecular weight is 190 g/mol. The Morgan fingerprint density at radius 3 is 2.93 bits per heavy atom. The molecule has 0 aliphatic heterocycles. The van der Waals surface area contributed by atoms with Crippen molar-refractivity contribution in [3.63, 3.8) is 0 Å². The fraction of sp³-hybridized carbons (Fsp3) is 0.222. The van der Waals surface area contributed by atoms with Crippen LogP contribution in [-0.2, 0) is 12.8 Å². The van der Waals surface area contributed by atoms with Crippen LogP contribution in [0.2, 0.25) is 0 Å². The SMILES string of the molecule is Nc1noc(CCc2cccnc2)n1. The van der Waals surface area contributed by atoms with Gasteiger partial charge in [0.25, 0.3) is 5.95 Å². The molecule has 2 rings (SSSR count). The van der Waals surface area contributed by atoms with Gasteiger partial charge in [-0.3, -0.25) is 4.98 Å². The Morgan fingerprint density at radius 1 is 1.36 bits per heavy atom. The summed E-state index contributed by atoms with van der Waals surface area (Å²) < 4.78 is 4.88. The second-order valence-corrected chi connectivity index (χ2v) is 2.91. The number of hydrogen-bond acceptors (Lipinski definition) is 5. The number of nitrogens with zero attached hydrogens (tertiary/aromatic N) is 3. The molecule has 2 N–H and O–H groups in total.